The lowest BCUT2D eigenvalue weighted by atomic mass is 10.1. The van der Waals surface area contributed by atoms with Crippen LogP contribution in [-0.4, -0.2) is 31.2 Å². The average Bonchev–Trinajstić information content (AvgIpc) is 2.79. The Hall–Kier alpha value is -0.970. The van der Waals surface area contributed by atoms with Gasteiger partial charge in [0.2, 0.25) is 0 Å². The van der Waals surface area contributed by atoms with Crippen molar-refractivity contribution in [3.8, 4) is 0 Å². The molecule has 0 radical (unpaired) electrons. The van der Waals surface area contributed by atoms with E-state index in [1.807, 2.05) is 6.07 Å². The van der Waals surface area contributed by atoms with Gasteiger partial charge in [-0.25, -0.2) is 4.39 Å². The van der Waals surface area contributed by atoms with Crippen LogP contribution in [0.25, 0.3) is 0 Å². The molecule has 3 nitrogen and oxygen atoms in total. The largest absolute Gasteiger partial charge is 0.380 e. The van der Waals surface area contributed by atoms with Crippen molar-refractivity contribution in [1.82, 2.24) is 4.90 Å². The van der Waals surface area contributed by atoms with Crippen LogP contribution in [0, 0.1) is 5.82 Å². The van der Waals surface area contributed by atoms with E-state index in [1.54, 1.807) is 7.11 Å². The van der Waals surface area contributed by atoms with E-state index >= 15 is 0 Å². The minimum atomic E-state index is -0.217. The number of hydrogen-bond donors (Lipinski definition) is 1. The summed E-state index contributed by atoms with van der Waals surface area (Å²) in [7, 11) is 1.75. The number of likely N-dealkylation sites (tertiary alicyclic amines) is 1. The number of methoxy groups -OCH3 is 1. The maximum absolute atomic E-state index is 13.1. The van der Waals surface area contributed by atoms with Crippen molar-refractivity contribution < 1.29 is 9.13 Å². The molecule has 4 heteroatoms. The van der Waals surface area contributed by atoms with Gasteiger partial charge < -0.3 is 10.5 Å². The highest BCUT2D eigenvalue weighted by Crippen LogP contribution is 2.18. The lowest BCUT2D eigenvalue weighted by molar-refractivity contribution is 0.107. The smallest absolute Gasteiger partial charge is 0.123 e. The van der Waals surface area contributed by atoms with Crippen molar-refractivity contribution in [3.63, 3.8) is 0 Å². The minimum Gasteiger partial charge on any atom is -0.380 e. The Labute approximate surface area is 101 Å². The fourth-order valence-electron chi connectivity index (χ4n) is 2.31. The summed E-state index contributed by atoms with van der Waals surface area (Å²) in [4.78, 5) is 2.32. The molecule has 2 rings (SSSR count). The Balaban J connectivity index is 2.03. The molecule has 2 N–H and O–H groups in total. The van der Waals surface area contributed by atoms with E-state index in [0.29, 0.717) is 12.6 Å². The molecule has 1 saturated heterocycles. The quantitative estimate of drug-likeness (QED) is 0.864. The Morgan fingerprint density at radius 2 is 2.29 bits per heavy atom. The van der Waals surface area contributed by atoms with Crippen LogP contribution in [-0.2, 0) is 17.8 Å². The van der Waals surface area contributed by atoms with E-state index < -0.39 is 0 Å². The van der Waals surface area contributed by atoms with E-state index in [-0.39, 0.29) is 5.82 Å². The molecule has 1 unspecified atom stereocenters. The van der Waals surface area contributed by atoms with Gasteiger partial charge in [-0.1, -0.05) is 6.07 Å². The van der Waals surface area contributed by atoms with Crippen molar-refractivity contribution >= 4 is 0 Å². The van der Waals surface area contributed by atoms with Gasteiger partial charge in [0, 0.05) is 33.3 Å². The molecule has 1 aliphatic heterocycles. The zero-order chi connectivity index (χ0) is 12.3. The maximum atomic E-state index is 13.1. The lowest BCUT2D eigenvalue weighted by Gasteiger charge is -2.17. The van der Waals surface area contributed by atoms with Crippen LogP contribution in [0.1, 0.15) is 17.5 Å². The molecule has 0 saturated carbocycles. The van der Waals surface area contributed by atoms with Crippen LogP contribution >= 0.6 is 0 Å². The molecule has 0 bridgehead atoms. The fraction of sp³-hybridized carbons (Fsp3) is 0.538. The van der Waals surface area contributed by atoms with Gasteiger partial charge in [0.15, 0.2) is 0 Å². The summed E-state index contributed by atoms with van der Waals surface area (Å²) in [5, 5.41) is 0. The molecule has 0 aromatic heterocycles. The number of halogens is 1. The zero-order valence-electron chi connectivity index (χ0n) is 10.2. The normalized spacial score (nSPS) is 21.0. The second-order valence-electron chi connectivity index (χ2n) is 4.50. The third-order valence-corrected chi connectivity index (χ3v) is 3.34. The summed E-state index contributed by atoms with van der Waals surface area (Å²) in [6.07, 6.45) is 1.40. The van der Waals surface area contributed by atoms with Crippen LogP contribution in [0.4, 0.5) is 4.39 Å². The number of rotatable bonds is 4. The molecule has 1 aromatic rings. The first-order valence-corrected chi connectivity index (χ1v) is 5.95. The van der Waals surface area contributed by atoms with Gasteiger partial charge in [-0.3, -0.25) is 4.90 Å². The molecule has 17 heavy (non-hydrogen) atoms. The average molecular weight is 238 g/mol. The van der Waals surface area contributed by atoms with Crippen molar-refractivity contribution in [3.05, 3.63) is 35.1 Å². The van der Waals surface area contributed by atoms with Crippen LogP contribution in [0.3, 0.4) is 0 Å². The van der Waals surface area contributed by atoms with Crippen molar-refractivity contribution in [2.24, 2.45) is 5.73 Å². The first-order valence-electron chi connectivity index (χ1n) is 5.95. The second-order valence-corrected chi connectivity index (χ2v) is 4.50. The monoisotopic (exact) mass is 238 g/mol. The topological polar surface area (TPSA) is 38.5 Å². The van der Waals surface area contributed by atoms with Crippen molar-refractivity contribution in [1.29, 1.82) is 0 Å². The maximum Gasteiger partial charge on any atom is 0.123 e. The van der Waals surface area contributed by atoms with E-state index in [0.717, 1.165) is 37.2 Å². The number of nitrogens with zero attached hydrogens (tertiary/aromatic N) is 1. The SMILES string of the molecule is COC1CCN(Cc2ccc(F)cc2CN)C1. The first-order chi connectivity index (χ1) is 8.22. The fourth-order valence-corrected chi connectivity index (χ4v) is 2.31. The van der Waals surface area contributed by atoms with Crippen LogP contribution in [0.2, 0.25) is 0 Å². The van der Waals surface area contributed by atoms with Gasteiger partial charge in [-0.05, 0) is 29.7 Å². The van der Waals surface area contributed by atoms with E-state index in [9.17, 15) is 4.39 Å². The second kappa shape index (κ2) is 5.58. The van der Waals surface area contributed by atoms with Crippen molar-refractivity contribution in [2.75, 3.05) is 20.2 Å². The summed E-state index contributed by atoms with van der Waals surface area (Å²) in [6.45, 7) is 3.18. The van der Waals surface area contributed by atoms with Gasteiger partial charge >= 0.3 is 0 Å². The summed E-state index contributed by atoms with van der Waals surface area (Å²) >= 11 is 0. The Kier molecular flexibility index (Phi) is 4.10. The number of benzene rings is 1. The molecule has 94 valence electrons. The molecular weight excluding hydrogens is 219 g/mol. The van der Waals surface area contributed by atoms with E-state index in [4.69, 9.17) is 10.5 Å². The Morgan fingerprint density at radius 3 is 2.94 bits per heavy atom. The molecule has 0 aliphatic carbocycles. The summed E-state index contributed by atoms with van der Waals surface area (Å²) in [6, 6.07) is 4.86. The minimum absolute atomic E-state index is 0.217. The lowest BCUT2D eigenvalue weighted by Crippen LogP contribution is -2.23. The van der Waals surface area contributed by atoms with E-state index in [2.05, 4.69) is 4.90 Å². The standard InChI is InChI=1S/C13H19FN2O/c1-17-13-4-5-16(9-13)8-10-2-3-12(14)6-11(10)7-15/h2-3,6,13H,4-5,7-9,15H2,1H3. The molecule has 1 fully saturated rings. The van der Waals surface area contributed by atoms with Gasteiger partial charge in [-0.15, -0.1) is 0 Å². The van der Waals surface area contributed by atoms with E-state index in [1.165, 1.54) is 12.1 Å². The molecule has 1 aliphatic rings. The van der Waals surface area contributed by atoms with Crippen molar-refractivity contribution in [2.45, 2.75) is 25.6 Å². The first kappa shape index (κ1) is 12.5. The summed E-state index contributed by atoms with van der Waals surface area (Å²) in [5.74, 6) is -0.217. The van der Waals surface area contributed by atoms with Gasteiger partial charge in [0.05, 0.1) is 6.10 Å². The van der Waals surface area contributed by atoms with Gasteiger partial charge in [-0.2, -0.15) is 0 Å². The molecule has 1 heterocycles. The summed E-state index contributed by atoms with van der Waals surface area (Å²) < 4.78 is 18.4. The molecule has 0 amide bonds. The number of ether oxygens (including phenoxy) is 1. The molecular formula is C13H19FN2O. The van der Waals surface area contributed by atoms with Crippen LogP contribution < -0.4 is 5.73 Å². The highest BCUT2D eigenvalue weighted by molar-refractivity contribution is 5.27. The highest BCUT2D eigenvalue weighted by atomic mass is 19.1. The predicted molar refractivity (Wildman–Crippen MR) is 65.0 cm³/mol. The summed E-state index contributed by atoms with van der Waals surface area (Å²) in [5.41, 5.74) is 7.65. The van der Waals surface area contributed by atoms with Gasteiger partial charge in [0.1, 0.15) is 5.82 Å². The highest BCUT2D eigenvalue weighted by Gasteiger charge is 2.22. The Bertz CT molecular complexity index is 384. The zero-order valence-corrected chi connectivity index (χ0v) is 10.2. The van der Waals surface area contributed by atoms with Crippen LogP contribution in [0.15, 0.2) is 18.2 Å². The Morgan fingerprint density at radius 1 is 1.47 bits per heavy atom. The molecule has 1 aromatic carbocycles. The third-order valence-electron chi connectivity index (χ3n) is 3.34. The third kappa shape index (κ3) is 3.03. The van der Waals surface area contributed by atoms with Gasteiger partial charge in [0.25, 0.3) is 0 Å². The molecule has 0 spiro atoms. The predicted octanol–water partition coefficient (Wildman–Crippen LogP) is 1.51. The number of nitrogens with two attached hydrogens (primary N) is 1. The van der Waals surface area contributed by atoms with Crippen LogP contribution in [0.5, 0.6) is 0 Å². The molecule has 1 atom stereocenters. The number of hydrogen-bond acceptors (Lipinski definition) is 3.